The van der Waals surface area contributed by atoms with Crippen LogP contribution in [0.15, 0.2) is 30.5 Å². The van der Waals surface area contributed by atoms with E-state index in [1.807, 2.05) is 26.0 Å². The average molecular weight is 280 g/mol. The summed E-state index contributed by atoms with van der Waals surface area (Å²) in [4.78, 5) is 4.21. The van der Waals surface area contributed by atoms with Crippen LogP contribution in [0.2, 0.25) is 0 Å². The molecule has 0 spiro atoms. The maximum absolute atomic E-state index is 9.29. The van der Waals surface area contributed by atoms with Gasteiger partial charge in [-0.25, -0.2) is 4.98 Å². The largest absolute Gasteiger partial charge is 0.437 e. The second-order valence-corrected chi connectivity index (χ2v) is 6.27. The summed E-state index contributed by atoms with van der Waals surface area (Å²) < 4.78 is 5.99. The Hall–Kier alpha value is -2.34. The van der Waals surface area contributed by atoms with Crippen LogP contribution in [-0.4, -0.2) is 4.98 Å². The highest BCUT2D eigenvalue weighted by Crippen LogP contribution is 2.35. The second-order valence-electron chi connectivity index (χ2n) is 6.27. The Kier molecular flexibility index (Phi) is 3.99. The summed E-state index contributed by atoms with van der Waals surface area (Å²) in [5.74, 6) is 1.13. The molecule has 0 saturated heterocycles. The van der Waals surface area contributed by atoms with E-state index in [-0.39, 0.29) is 5.41 Å². The summed E-state index contributed by atoms with van der Waals surface area (Å²) in [6.45, 7) is 10.3. The molecule has 1 heterocycles. The minimum atomic E-state index is -0.0420. The van der Waals surface area contributed by atoms with Gasteiger partial charge in [0.2, 0.25) is 5.88 Å². The first-order chi connectivity index (χ1) is 9.82. The molecule has 108 valence electrons. The molecular weight excluding hydrogens is 260 g/mol. The summed E-state index contributed by atoms with van der Waals surface area (Å²) in [7, 11) is 0. The van der Waals surface area contributed by atoms with Crippen LogP contribution in [-0.2, 0) is 5.41 Å². The van der Waals surface area contributed by atoms with Crippen LogP contribution in [0, 0.1) is 25.2 Å². The summed E-state index contributed by atoms with van der Waals surface area (Å²) in [5, 5.41) is 9.29. The molecule has 2 rings (SSSR count). The molecule has 21 heavy (non-hydrogen) atoms. The molecule has 1 aromatic carbocycles. The van der Waals surface area contributed by atoms with Crippen molar-refractivity contribution >= 4 is 0 Å². The molecule has 0 aliphatic heterocycles. The van der Waals surface area contributed by atoms with Crippen molar-refractivity contribution in [3.05, 3.63) is 52.7 Å². The summed E-state index contributed by atoms with van der Waals surface area (Å²) in [5.41, 5.74) is 3.52. The molecule has 3 nitrogen and oxygen atoms in total. The van der Waals surface area contributed by atoms with E-state index in [0.29, 0.717) is 11.4 Å². The van der Waals surface area contributed by atoms with E-state index in [0.717, 1.165) is 22.4 Å². The smallest absolute Gasteiger partial charge is 0.237 e. The highest BCUT2D eigenvalue weighted by Gasteiger charge is 2.20. The number of nitriles is 1. The minimum absolute atomic E-state index is 0.0420. The van der Waals surface area contributed by atoms with Crippen molar-refractivity contribution in [1.82, 2.24) is 4.98 Å². The molecule has 0 atom stereocenters. The van der Waals surface area contributed by atoms with Crippen LogP contribution >= 0.6 is 0 Å². The lowest BCUT2D eigenvalue weighted by atomic mass is 9.86. The lowest BCUT2D eigenvalue weighted by Gasteiger charge is -2.23. The van der Waals surface area contributed by atoms with Crippen LogP contribution in [0.3, 0.4) is 0 Å². The van der Waals surface area contributed by atoms with Crippen molar-refractivity contribution in [1.29, 1.82) is 5.26 Å². The molecule has 0 bridgehead atoms. The molecule has 0 unspecified atom stereocenters. The average Bonchev–Trinajstić information content (AvgIpc) is 2.37. The number of hydrogen-bond donors (Lipinski definition) is 0. The standard InChI is InChI=1S/C18H20N2O/c1-12-6-7-15(18(3,4)5)16(10-12)21-17-14(11-19)13(2)8-9-20-17/h6-10H,1-5H3. The summed E-state index contributed by atoms with van der Waals surface area (Å²) in [6, 6.07) is 10.1. The molecule has 0 N–H and O–H groups in total. The van der Waals surface area contributed by atoms with E-state index in [1.54, 1.807) is 6.20 Å². The maximum atomic E-state index is 9.29. The van der Waals surface area contributed by atoms with Gasteiger partial charge >= 0.3 is 0 Å². The molecule has 0 amide bonds. The van der Waals surface area contributed by atoms with Gasteiger partial charge in [0, 0.05) is 11.8 Å². The van der Waals surface area contributed by atoms with Gasteiger partial charge in [0.25, 0.3) is 0 Å². The minimum Gasteiger partial charge on any atom is -0.437 e. The van der Waals surface area contributed by atoms with E-state index in [9.17, 15) is 5.26 Å². The SMILES string of the molecule is Cc1ccc(C(C)(C)C)c(Oc2nccc(C)c2C#N)c1. The molecule has 2 aromatic rings. The van der Waals surface area contributed by atoms with Crippen molar-refractivity contribution in [3.63, 3.8) is 0 Å². The van der Waals surface area contributed by atoms with Crippen molar-refractivity contribution < 1.29 is 4.74 Å². The Bertz CT molecular complexity index is 706. The number of hydrogen-bond acceptors (Lipinski definition) is 3. The zero-order valence-electron chi connectivity index (χ0n) is 13.2. The van der Waals surface area contributed by atoms with Crippen LogP contribution in [0.4, 0.5) is 0 Å². The fourth-order valence-corrected chi connectivity index (χ4v) is 2.18. The van der Waals surface area contributed by atoms with Gasteiger partial charge in [-0.15, -0.1) is 0 Å². The normalized spacial score (nSPS) is 11.0. The fourth-order valence-electron chi connectivity index (χ4n) is 2.18. The van der Waals surface area contributed by atoms with Crippen molar-refractivity contribution in [2.45, 2.75) is 40.0 Å². The van der Waals surface area contributed by atoms with E-state index < -0.39 is 0 Å². The number of rotatable bonds is 2. The highest BCUT2D eigenvalue weighted by molar-refractivity contribution is 5.48. The van der Waals surface area contributed by atoms with Crippen LogP contribution in [0.1, 0.15) is 43.0 Å². The Morgan fingerprint density at radius 3 is 2.48 bits per heavy atom. The van der Waals surface area contributed by atoms with Gasteiger partial charge in [0.05, 0.1) is 0 Å². The molecule has 0 aliphatic carbocycles. The van der Waals surface area contributed by atoms with Gasteiger partial charge in [0.1, 0.15) is 17.4 Å². The quantitative estimate of drug-likeness (QED) is 0.803. The summed E-state index contributed by atoms with van der Waals surface area (Å²) >= 11 is 0. The van der Waals surface area contributed by atoms with E-state index in [1.165, 1.54) is 0 Å². The first-order valence-electron chi connectivity index (χ1n) is 6.97. The Morgan fingerprint density at radius 2 is 1.86 bits per heavy atom. The monoisotopic (exact) mass is 280 g/mol. The molecule has 3 heteroatoms. The molecule has 0 radical (unpaired) electrons. The summed E-state index contributed by atoms with van der Waals surface area (Å²) in [6.07, 6.45) is 1.66. The third-order valence-corrected chi connectivity index (χ3v) is 3.39. The lowest BCUT2D eigenvalue weighted by Crippen LogP contribution is -2.13. The van der Waals surface area contributed by atoms with Gasteiger partial charge in [0.15, 0.2) is 0 Å². The van der Waals surface area contributed by atoms with E-state index >= 15 is 0 Å². The van der Waals surface area contributed by atoms with Gasteiger partial charge in [-0.3, -0.25) is 0 Å². The predicted molar refractivity (Wildman–Crippen MR) is 83.6 cm³/mol. The number of ether oxygens (including phenoxy) is 1. The number of benzene rings is 1. The second kappa shape index (κ2) is 5.57. The van der Waals surface area contributed by atoms with E-state index in [2.05, 4.69) is 44.0 Å². The topological polar surface area (TPSA) is 45.9 Å². The number of aryl methyl sites for hydroxylation is 2. The third-order valence-electron chi connectivity index (χ3n) is 3.39. The first-order valence-corrected chi connectivity index (χ1v) is 6.97. The first kappa shape index (κ1) is 15.1. The zero-order valence-corrected chi connectivity index (χ0v) is 13.2. The van der Waals surface area contributed by atoms with Crippen molar-refractivity contribution in [2.75, 3.05) is 0 Å². The Labute approximate surface area is 126 Å². The zero-order chi connectivity index (χ0) is 15.6. The van der Waals surface area contributed by atoms with Crippen LogP contribution in [0.25, 0.3) is 0 Å². The van der Waals surface area contributed by atoms with Gasteiger partial charge < -0.3 is 4.74 Å². The Morgan fingerprint density at radius 1 is 1.14 bits per heavy atom. The molecule has 1 aromatic heterocycles. The third kappa shape index (κ3) is 3.22. The number of aromatic nitrogens is 1. The maximum Gasteiger partial charge on any atom is 0.237 e. The van der Waals surface area contributed by atoms with Crippen LogP contribution < -0.4 is 4.74 Å². The predicted octanol–water partition coefficient (Wildman–Crippen LogP) is 4.66. The van der Waals surface area contributed by atoms with Crippen molar-refractivity contribution in [2.24, 2.45) is 0 Å². The van der Waals surface area contributed by atoms with E-state index in [4.69, 9.17) is 4.74 Å². The van der Waals surface area contributed by atoms with Crippen LogP contribution in [0.5, 0.6) is 11.6 Å². The van der Waals surface area contributed by atoms with Gasteiger partial charge in [-0.1, -0.05) is 32.9 Å². The van der Waals surface area contributed by atoms with Gasteiger partial charge in [-0.05, 0) is 42.5 Å². The molecule has 0 aliphatic rings. The highest BCUT2D eigenvalue weighted by atomic mass is 16.5. The lowest BCUT2D eigenvalue weighted by molar-refractivity contribution is 0.438. The molecule has 0 saturated carbocycles. The number of nitrogens with zero attached hydrogens (tertiary/aromatic N) is 2. The number of pyridine rings is 1. The Balaban J connectivity index is 2.53. The van der Waals surface area contributed by atoms with Crippen molar-refractivity contribution in [3.8, 4) is 17.7 Å². The molecule has 0 fully saturated rings. The fraction of sp³-hybridized carbons (Fsp3) is 0.333. The molecular formula is C18H20N2O. The van der Waals surface area contributed by atoms with Gasteiger partial charge in [-0.2, -0.15) is 5.26 Å².